The monoisotopic (exact) mass is 471 g/mol. The van der Waals surface area contributed by atoms with E-state index in [0.717, 1.165) is 29.7 Å². The molecule has 1 aliphatic heterocycles. The molecule has 4 aromatic rings. The molecule has 0 spiro atoms. The molecule has 0 saturated carbocycles. The van der Waals surface area contributed by atoms with Crippen LogP contribution in [0.1, 0.15) is 24.8 Å². The van der Waals surface area contributed by atoms with Crippen LogP contribution >= 0.6 is 0 Å². The lowest BCUT2D eigenvalue weighted by Gasteiger charge is -2.28. The van der Waals surface area contributed by atoms with E-state index in [-0.39, 0.29) is 5.56 Å². The summed E-state index contributed by atoms with van der Waals surface area (Å²) in [7, 11) is 3.21. The average Bonchev–Trinajstić information content (AvgIpc) is 2.91. The third kappa shape index (κ3) is 5.06. The van der Waals surface area contributed by atoms with Crippen LogP contribution in [-0.2, 0) is 6.54 Å². The van der Waals surface area contributed by atoms with E-state index in [4.69, 9.17) is 14.5 Å². The Labute approximate surface area is 204 Å². The number of nitrogens with one attached hydrogen (secondary N) is 1. The molecule has 0 bridgehead atoms. The summed E-state index contributed by atoms with van der Waals surface area (Å²) in [5.41, 5.74) is 3.42. The molecule has 3 heterocycles. The van der Waals surface area contributed by atoms with Crippen molar-refractivity contribution in [2.75, 3.05) is 37.5 Å². The number of anilines is 3. The molecule has 0 aliphatic carbocycles. The van der Waals surface area contributed by atoms with Gasteiger partial charge in [0.05, 0.1) is 20.8 Å². The van der Waals surface area contributed by atoms with E-state index in [1.54, 1.807) is 37.1 Å². The number of ether oxygens (including phenoxy) is 2. The third-order valence-electron chi connectivity index (χ3n) is 6.32. The lowest BCUT2D eigenvalue weighted by molar-refractivity contribution is 0.393. The largest absolute Gasteiger partial charge is 0.497 e. The summed E-state index contributed by atoms with van der Waals surface area (Å²) in [4.78, 5) is 24.4. The Morgan fingerprint density at radius 2 is 1.63 bits per heavy atom. The van der Waals surface area contributed by atoms with Gasteiger partial charge in [0, 0.05) is 48.2 Å². The minimum atomic E-state index is -0.144. The van der Waals surface area contributed by atoms with Crippen LogP contribution in [0.3, 0.4) is 0 Å². The zero-order valence-corrected chi connectivity index (χ0v) is 20.0. The fraction of sp³-hybridized carbons (Fsp3) is 0.296. The highest BCUT2D eigenvalue weighted by atomic mass is 16.5. The molecule has 8 heteroatoms. The van der Waals surface area contributed by atoms with Gasteiger partial charge >= 0.3 is 0 Å². The first kappa shape index (κ1) is 22.7. The number of nitrogens with zero attached hydrogens (tertiary/aromatic N) is 4. The predicted octanol–water partition coefficient (Wildman–Crippen LogP) is 4.59. The Hall–Kier alpha value is -4.07. The molecule has 0 atom stereocenters. The summed E-state index contributed by atoms with van der Waals surface area (Å²) in [6.07, 6.45) is 5.53. The molecule has 0 unspecified atom stereocenters. The topological polar surface area (TPSA) is 81.5 Å². The van der Waals surface area contributed by atoms with Crippen LogP contribution in [0.2, 0.25) is 0 Å². The maximum atomic E-state index is 12.8. The number of methoxy groups -OCH3 is 2. The highest BCUT2D eigenvalue weighted by Crippen LogP contribution is 2.25. The molecule has 1 aliphatic rings. The highest BCUT2D eigenvalue weighted by Gasteiger charge is 2.12. The lowest BCUT2D eigenvalue weighted by Crippen LogP contribution is -2.29. The molecule has 1 saturated heterocycles. The number of piperidine rings is 1. The first-order chi connectivity index (χ1) is 17.1. The van der Waals surface area contributed by atoms with Crippen LogP contribution < -0.4 is 25.2 Å². The van der Waals surface area contributed by atoms with Crippen LogP contribution in [0.5, 0.6) is 11.5 Å². The second-order valence-electron chi connectivity index (χ2n) is 8.67. The number of benzene rings is 2. The number of pyridine rings is 1. The van der Waals surface area contributed by atoms with Crippen LogP contribution in [0.25, 0.3) is 11.0 Å². The normalized spacial score (nSPS) is 13.6. The van der Waals surface area contributed by atoms with E-state index in [2.05, 4.69) is 27.3 Å². The van der Waals surface area contributed by atoms with Crippen LogP contribution in [0.4, 0.5) is 17.3 Å². The molecule has 0 amide bonds. The van der Waals surface area contributed by atoms with Crippen molar-refractivity contribution in [3.63, 3.8) is 0 Å². The summed E-state index contributed by atoms with van der Waals surface area (Å²) in [6.45, 7) is 2.54. The van der Waals surface area contributed by atoms with Gasteiger partial charge in [-0.2, -0.15) is 4.98 Å². The lowest BCUT2D eigenvalue weighted by atomic mass is 10.1. The molecular formula is C27H29N5O3. The number of fused-ring (bicyclic) bond motifs is 1. The molecule has 180 valence electrons. The summed E-state index contributed by atoms with van der Waals surface area (Å²) in [6, 6.07) is 17.2. The van der Waals surface area contributed by atoms with E-state index in [1.165, 1.54) is 31.0 Å². The predicted molar refractivity (Wildman–Crippen MR) is 138 cm³/mol. The van der Waals surface area contributed by atoms with Crippen molar-refractivity contribution in [1.82, 2.24) is 14.5 Å². The quantitative estimate of drug-likeness (QED) is 0.422. The van der Waals surface area contributed by atoms with Crippen molar-refractivity contribution >= 4 is 28.4 Å². The summed E-state index contributed by atoms with van der Waals surface area (Å²) in [5, 5.41) is 4.06. The van der Waals surface area contributed by atoms with Gasteiger partial charge in [0.25, 0.3) is 5.56 Å². The van der Waals surface area contributed by atoms with E-state index in [9.17, 15) is 4.79 Å². The van der Waals surface area contributed by atoms with Crippen molar-refractivity contribution in [2.45, 2.75) is 25.8 Å². The summed E-state index contributed by atoms with van der Waals surface area (Å²) < 4.78 is 12.4. The zero-order valence-electron chi connectivity index (χ0n) is 20.0. The molecule has 8 nitrogen and oxygen atoms in total. The van der Waals surface area contributed by atoms with Gasteiger partial charge in [0.15, 0.2) is 0 Å². The minimum absolute atomic E-state index is 0.144. The molecule has 5 rings (SSSR count). The van der Waals surface area contributed by atoms with Gasteiger partial charge in [-0.1, -0.05) is 0 Å². The van der Waals surface area contributed by atoms with Gasteiger partial charge in [-0.15, -0.1) is 0 Å². The van der Waals surface area contributed by atoms with Gasteiger partial charge < -0.3 is 19.7 Å². The van der Waals surface area contributed by atoms with Crippen molar-refractivity contribution in [2.24, 2.45) is 0 Å². The van der Waals surface area contributed by atoms with Gasteiger partial charge in [-0.3, -0.25) is 9.36 Å². The van der Waals surface area contributed by atoms with Crippen molar-refractivity contribution < 1.29 is 9.47 Å². The zero-order chi connectivity index (χ0) is 24.2. The molecule has 2 aromatic heterocycles. The SMILES string of the molecule is COc1cc(Cn2c(=O)ccc3cnc(Nc4ccc(N5CCCCC5)cc4)nc32)cc(OC)c1. The second-order valence-corrected chi connectivity index (χ2v) is 8.67. The molecule has 0 radical (unpaired) electrons. The number of rotatable bonds is 7. The minimum Gasteiger partial charge on any atom is -0.497 e. The van der Waals surface area contributed by atoms with E-state index in [1.807, 2.05) is 24.3 Å². The number of hydrogen-bond acceptors (Lipinski definition) is 7. The summed E-state index contributed by atoms with van der Waals surface area (Å²) in [5.74, 6) is 1.76. The fourth-order valence-corrected chi connectivity index (χ4v) is 4.46. The van der Waals surface area contributed by atoms with Crippen LogP contribution in [0, 0.1) is 0 Å². The number of hydrogen-bond donors (Lipinski definition) is 1. The van der Waals surface area contributed by atoms with Gasteiger partial charge in [-0.25, -0.2) is 4.98 Å². The van der Waals surface area contributed by atoms with E-state index in [0.29, 0.717) is 29.6 Å². The Balaban J connectivity index is 1.43. The Morgan fingerprint density at radius 3 is 2.31 bits per heavy atom. The number of aromatic nitrogens is 3. The first-order valence-electron chi connectivity index (χ1n) is 11.8. The Kier molecular flexibility index (Phi) is 6.52. The van der Waals surface area contributed by atoms with Crippen molar-refractivity contribution in [3.8, 4) is 11.5 Å². The van der Waals surface area contributed by atoms with Gasteiger partial charge in [-0.05, 0) is 67.3 Å². The van der Waals surface area contributed by atoms with Crippen LogP contribution in [0.15, 0.2) is 65.6 Å². The smallest absolute Gasteiger partial charge is 0.252 e. The maximum Gasteiger partial charge on any atom is 0.252 e. The molecule has 1 fully saturated rings. The second kappa shape index (κ2) is 10.0. The average molecular weight is 472 g/mol. The van der Waals surface area contributed by atoms with Gasteiger partial charge in [0.1, 0.15) is 17.1 Å². The first-order valence-corrected chi connectivity index (χ1v) is 11.8. The van der Waals surface area contributed by atoms with E-state index >= 15 is 0 Å². The third-order valence-corrected chi connectivity index (χ3v) is 6.32. The van der Waals surface area contributed by atoms with Crippen molar-refractivity contribution in [3.05, 3.63) is 76.7 Å². The van der Waals surface area contributed by atoms with Crippen LogP contribution in [-0.4, -0.2) is 41.8 Å². The Morgan fingerprint density at radius 1 is 0.914 bits per heavy atom. The van der Waals surface area contributed by atoms with Crippen molar-refractivity contribution in [1.29, 1.82) is 0 Å². The van der Waals surface area contributed by atoms with E-state index < -0.39 is 0 Å². The molecular weight excluding hydrogens is 442 g/mol. The molecule has 1 N–H and O–H groups in total. The highest BCUT2D eigenvalue weighted by molar-refractivity contribution is 5.76. The maximum absolute atomic E-state index is 12.8. The van der Waals surface area contributed by atoms with Gasteiger partial charge in [0.2, 0.25) is 5.95 Å². The Bertz CT molecular complexity index is 1360. The molecule has 35 heavy (non-hydrogen) atoms. The summed E-state index contributed by atoms with van der Waals surface area (Å²) >= 11 is 0. The fourth-order valence-electron chi connectivity index (χ4n) is 4.46. The molecule has 2 aromatic carbocycles. The standard InChI is InChI=1S/C27H29N5O3/c1-34-23-14-19(15-24(16-23)35-2)18-32-25(33)11-6-20-17-28-27(30-26(20)32)29-21-7-9-22(10-8-21)31-12-4-3-5-13-31/h6-11,14-17H,3-5,12-13,18H2,1-2H3,(H,28,29,30).